The van der Waals surface area contributed by atoms with Crippen LogP contribution < -0.4 is 10.6 Å². The summed E-state index contributed by atoms with van der Waals surface area (Å²) >= 11 is 1.81. The van der Waals surface area contributed by atoms with Gasteiger partial charge in [0.15, 0.2) is 5.96 Å². The van der Waals surface area contributed by atoms with Crippen LogP contribution in [0.5, 0.6) is 0 Å². The number of nitrogens with one attached hydrogen (secondary N) is 2. The van der Waals surface area contributed by atoms with Crippen molar-refractivity contribution in [1.29, 1.82) is 0 Å². The third kappa shape index (κ3) is 8.91. The number of morpholine rings is 1. The van der Waals surface area contributed by atoms with Crippen LogP contribution in [0, 0.1) is 0 Å². The normalized spacial score (nSPS) is 20.4. The minimum absolute atomic E-state index is 0. The zero-order chi connectivity index (χ0) is 18.0. The van der Waals surface area contributed by atoms with Crippen molar-refractivity contribution in [2.75, 3.05) is 82.8 Å². The number of halogens is 1. The van der Waals surface area contributed by atoms with Gasteiger partial charge in [0.25, 0.3) is 0 Å². The van der Waals surface area contributed by atoms with Gasteiger partial charge in [0, 0.05) is 57.3 Å². The van der Waals surface area contributed by atoms with Gasteiger partial charge in [-0.15, -0.1) is 24.0 Å². The molecule has 2 aliphatic rings. The highest BCUT2D eigenvalue weighted by Crippen LogP contribution is 2.12. The van der Waals surface area contributed by atoms with Crippen molar-refractivity contribution in [3.05, 3.63) is 0 Å². The fourth-order valence-electron chi connectivity index (χ4n) is 2.72. The summed E-state index contributed by atoms with van der Waals surface area (Å²) in [5, 5.41) is 6.31. The van der Waals surface area contributed by atoms with Crippen LogP contribution in [-0.4, -0.2) is 106 Å². The van der Waals surface area contributed by atoms with Gasteiger partial charge in [-0.05, 0) is 6.92 Å². The first-order valence-corrected chi connectivity index (χ1v) is 11.8. The first kappa shape index (κ1) is 24.2. The Morgan fingerprint density at radius 3 is 2.50 bits per heavy atom. The summed E-state index contributed by atoms with van der Waals surface area (Å²) in [6.45, 7) is 9.42. The SMILES string of the molecule is CCNC(=NCCN1CCOCC1)NCCS(=O)(=O)N1CCSCC1.I. The molecule has 0 atom stereocenters. The number of hydrogen-bond acceptors (Lipinski definition) is 6. The number of ether oxygens (including phenoxy) is 1. The lowest BCUT2D eigenvalue weighted by atomic mass is 10.4. The molecule has 8 nitrogen and oxygen atoms in total. The lowest BCUT2D eigenvalue weighted by molar-refractivity contribution is 0.0394. The Morgan fingerprint density at radius 1 is 1.15 bits per heavy atom. The van der Waals surface area contributed by atoms with Crippen molar-refractivity contribution < 1.29 is 13.2 Å². The van der Waals surface area contributed by atoms with Gasteiger partial charge in [-0.1, -0.05) is 0 Å². The predicted molar refractivity (Wildman–Crippen MR) is 119 cm³/mol. The third-order valence-corrected chi connectivity index (χ3v) is 6.96. The molecule has 0 radical (unpaired) electrons. The Kier molecular flexibility index (Phi) is 12.5. The van der Waals surface area contributed by atoms with E-state index < -0.39 is 10.0 Å². The van der Waals surface area contributed by atoms with Gasteiger partial charge in [0.05, 0.1) is 25.5 Å². The first-order valence-electron chi connectivity index (χ1n) is 8.99. The number of nitrogens with zero attached hydrogens (tertiary/aromatic N) is 3. The van der Waals surface area contributed by atoms with Crippen LogP contribution in [0.3, 0.4) is 0 Å². The zero-order valence-electron chi connectivity index (χ0n) is 15.5. The van der Waals surface area contributed by atoms with E-state index >= 15 is 0 Å². The molecule has 0 aromatic rings. The molecule has 0 aromatic heterocycles. The van der Waals surface area contributed by atoms with Gasteiger partial charge in [-0.25, -0.2) is 12.7 Å². The first-order chi connectivity index (χ1) is 12.1. The molecular formula is C15H32IN5O3S2. The molecule has 0 saturated carbocycles. The van der Waals surface area contributed by atoms with E-state index in [1.807, 2.05) is 18.7 Å². The van der Waals surface area contributed by atoms with E-state index in [1.165, 1.54) is 0 Å². The number of hydrogen-bond donors (Lipinski definition) is 2. The smallest absolute Gasteiger partial charge is 0.215 e. The van der Waals surface area contributed by atoms with Crippen LogP contribution in [0.4, 0.5) is 0 Å². The molecule has 2 rings (SSSR count). The van der Waals surface area contributed by atoms with Crippen LogP contribution >= 0.6 is 35.7 Å². The summed E-state index contributed by atoms with van der Waals surface area (Å²) in [6.07, 6.45) is 0. The molecule has 0 amide bonds. The maximum Gasteiger partial charge on any atom is 0.215 e. The molecule has 154 valence electrons. The second-order valence-corrected chi connectivity index (χ2v) is 9.28. The molecule has 11 heteroatoms. The standard InChI is InChI=1S/C15H31N5O3S2.HI/c1-2-16-15(17-3-5-19-6-10-23-11-7-19)18-4-14-25(21,22)20-8-12-24-13-9-20;/h2-14H2,1H3,(H2,16,17,18);1H. The van der Waals surface area contributed by atoms with Gasteiger partial charge in [0.1, 0.15) is 0 Å². The molecule has 0 aliphatic carbocycles. The summed E-state index contributed by atoms with van der Waals surface area (Å²) in [7, 11) is -3.18. The second-order valence-electron chi connectivity index (χ2n) is 5.97. The monoisotopic (exact) mass is 521 g/mol. The highest BCUT2D eigenvalue weighted by Gasteiger charge is 2.23. The number of rotatable bonds is 8. The third-order valence-electron chi connectivity index (χ3n) is 4.15. The van der Waals surface area contributed by atoms with Crippen LogP contribution in [0.15, 0.2) is 4.99 Å². The molecule has 2 saturated heterocycles. The summed E-state index contributed by atoms with van der Waals surface area (Å²) in [4.78, 5) is 6.87. The Bertz CT molecular complexity index is 509. The highest BCUT2D eigenvalue weighted by atomic mass is 127. The average Bonchev–Trinajstić information content (AvgIpc) is 2.63. The molecule has 0 aromatic carbocycles. The largest absolute Gasteiger partial charge is 0.379 e. The van der Waals surface area contributed by atoms with E-state index in [9.17, 15) is 8.42 Å². The van der Waals surface area contributed by atoms with Crippen LogP contribution in [0.2, 0.25) is 0 Å². The molecule has 0 bridgehead atoms. The topological polar surface area (TPSA) is 86.3 Å². The van der Waals surface area contributed by atoms with Crippen molar-refractivity contribution in [1.82, 2.24) is 19.8 Å². The van der Waals surface area contributed by atoms with Crippen molar-refractivity contribution in [3.63, 3.8) is 0 Å². The zero-order valence-corrected chi connectivity index (χ0v) is 19.4. The second kappa shape index (κ2) is 13.4. The summed E-state index contributed by atoms with van der Waals surface area (Å²) in [6, 6.07) is 0. The van der Waals surface area contributed by atoms with Gasteiger partial charge >= 0.3 is 0 Å². The van der Waals surface area contributed by atoms with Gasteiger partial charge in [-0.3, -0.25) is 9.89 Å². The van der Waals surface area contributed by atoms with Crippen molar-refractivity contribution >= 4 is 51.7 Å². The van der Waals surface area contributed by atoms with Crippen molar-refractivity contribution in [3.8, 4) is 0 Å². The van der Waals surface area contributed by atoms with E-state index in [4.69, 9.17) is 4.74 Å². The van der Waals surface area contributed by atoms with Gasteiger partial charge < -0.3 is 15.4 Å². The average molecular weight is 521 g/mol. The maximum atomic E-state index is 12.3. The summed E-state index contributed by atoms with van der Waals surface area (Å²) < 4.78 is 31.6. The van der Waals surface area contributed by atoms with E-state index in [-0.39, 0.29) is 29.7 Å². The van der Waals surface area contributed by atoms with Gasteiger partial charge in [-0.2, -0.15) is 11.8 Å². The van der Waals surface area contributed by atoms with Crippen LogP contribution in [0.1, 0.15) is 6.92 Å². The maximum absolute atomic E-state index is 12.3. The lowest BCUT2D eigenvalue weighted by Gasteiger charge is -2.26. The van der Waals surface area contributed by atoms with E-state index in [2.05, 4.69) is 20.5 Å². The predicted octanol–water partition coefficient (Wildman–Crippen LogP) is -0.130. The Morgan fingerprint density at radius 2 is 1.85 bits per heavy atom. The quantitative estimate of drug-likeness (QED) is 0.262. The van der Waals surface area contributed by atoms with Crippen molar-refractivity contribution in [2.24, 2.45) is 4.99 Å². The Hall–Kier alpha value is 0.180. The molecule has 2 heterocycles. The Labute approximate surface area is 178 Å². The van der Waals surface area contributed by atoms with E-state index in [0.29, 0.717) is 32.1 Å². The molecule has 0 unspecified atom stereocenters. The minimum atomic E-state index is -3.18. The summed E-state index contributed by atoms with van der Waals surface area (Å²) in [5.41, 5.74) is 0. The Balaban J connectivity index is 0.00000338. The molecule has 26 heavy (non-hydrogen) atoms. The number of aliphatic imine (C=N–C) groups is 1. The fraction of sp³-hybridized carbons (Fsp3) is 0.933. The van der Waals surface area contributed by atoms with Gasteiger partial charge in [0.2, 0.25) is 10.0 Å². The molecule has 2 fully saturated rings. The van der Waals surface area contributed by atoms with E-state index in [1.54, 1.807) is 4.31 Å². The number of guanidine groups is 1. The minimum Gasteiger partial charge on any atom is -0.379 e. The molecule has 0 spiro atoms. The highest BCUT2D eigenvalue weighted by molar-refractivity contribution is 14.0. The molecular weight excluding hydrogens is 489 g/mol. The van der Waals surface area contributed by atoms with Crippen molar-refractivity contribution in [2.45, 2.75) is 6.92 Å². The van der Waals surface area contributed by atoms with Crippen LogP contribution in [-0.2, 0) is 14.8 Å². The molecule has 2 aliphatic heterocycles. The van der Waals surface area contributed by atoms with E-state index in [0.717, 1.165) is 50.9 Å². The molecule has 2 N–H and O–H groups in total. The number of sulfonamides is 1. The summed E-state index contributed by atoms with van der Waals surface area (Å²) in [5.74, 6) is 2.56. The number of thioether (sulfide) groups is 1. The van der Waals surface area contributed by atoms with Crippen LogP contribution in [0.25, 0.3) is 0 Å². The lowest BCUT2D eigenvalue weighted by Crippen LogP contribution is -2.44. The fourth-order valence-corrected chi connectivity index (χ4v) is 5.21.